The van der Waals surface area contributed by atoms with Crippen molar-refractivity contribution >= 4 is 15.9 Å². The lowest BCUT2D eigenvalue weighted by Crippen LogP contribution is -2.14. The highest BCUT2D eigenvalue weighted by atomic mass is 79.9. The van der Waals surface area contributed by atoms with Gasteiger partial charge in [-0.15, -0.1) is 0 Å². The third-order valence-corrected chi connectivity index (χ3v) is 2.91. The van der Waals surface area contributed by atoms with Gasteiger partial charge in [-0.3, -0.25) is 0 Å². The van der Waals surface area contributed by atoms with Crippen molar-refractivity contribution in [2.24, 2.45) is 0 Å². The van der Waals surface area contributed by atoms with E-state index in [2.05, 4.69) is 43.3 Å². The Morgan fingerprint density at radius 1 is 1.12 bits per heavy atom. The molecular weight excluding hydrogens is 278 g/mol. The summed E-state index contributed by atoms with van der Waals surface area (Å²) in [6.45, 7) is 3.51. The van der Waals surface area contributed by atoms with Crippen molar-refractivity contribution in [2.75, 3.05) is 0 Å². The maximum atomic E-state index is 4.34. The molecule has 4 heteroatoms. The molecule has 0 bridgehead atoms. The Balaban J connectivity index is 1.85. The molecule has 17 heavy (non-hydrogen) atoms. The van der Waals surface area contributed by atoms with Crippen LogP contribution in [0.4, 0.5) is 0 Å². The van der Waals surface area contributed by atoms with E-state index >= 15 is 0 Å². The SMILES string of the molecule is Cc1nccc(CNCc2ccc(Br)cc2)n1. The number of aryl methyl sites for hydroxylation is 1. The smallest absolute Gasteiger partial charge is 0.125 e. The summed E-state index contributed by atoms with van der Waals surface area (Å²) < 4.78 is 1.10. The fourth-order valence-electron chi connectivity index (χ4n) is 1.54. The van der Waals surface area contributed by atoms with E-state index in [1.54, 1.807) is 6.20 Å². The van der Waals surface area contributed by atoms with E-state index in [0.29, 0.717) is 0 Å². The first kappa shape index (κ1) is 12.2. The van der Waals surface area contributed by atoms with E-state index in [1.165, 1.54) is 5.56 Å². The quantitative estimate of drug-likeness (QED) is 0.941. The van der Waals surface area contributed by atoms with Gasteiger partial charge in [-0.25, -0.2) is 9.97 Å². The Kier molecular flexibility index (Phi) is 4.23. The molecule has 0 spiro atoms. The maximum Gasteiger partial charge on any atom is 0.125 e. The normalized spacial score (nSPS) is 10.5. The van der Waals surface area contributed by atoms with E-state index in [9.17, 15) is 0 Å². The van der Waals surface area contributed by atoms with E-state index in [-0.39, 0.29) is 0 Å². The average molecular weight is 292 g/mol. The van der Waals surface area contributed by atoms with Crippen molar-refractivity contribution in [3.8, 4) is 0 Å². The van der Waals surface area contributed by atoms with Gasteiger partial charge in [0.1, 0.15) is 5.82 Å². The highest BCUT2D eigenvalue weighted by Gasteiger charge is 1.96. The van der Waals surface area contributed by atoms with Crippen LogP contribution < -0.4 is 5.32 Å². The summed E-state index contributed by atoms with van der Waals surface area (Å²) in [5.74, 6) is 0.813. The molecule has 0 unspecified atom stereocenters. The molecule has 0 saturated carbocycles. The zero-order valence-corrected chi connectivity index (χ0v) is 11.2. The third-order valence-electron chi connectivity index (χ3n) is 2.38. The number of nitrogens with one attached hydrogen (secondary N) is 1. The Morgan fingerprint density at radius 3 is 2.59 bits per heavy atom. The van der Waals surface area contributed by atoms with Gasteiger partial charge in [0.15, 0.2) is 0 Å². The molecule has 1 N–H and O–H groups in total. The number of hydrogen-bond donors (Lipinski definition) is 1. The molecule has 1 aromatic heterocycles. The van der Waals surface area contributed by atoms with Crippen LogP contribution in [0.5, 0.6) is 0 Å². The second-order valence-corrected chi connectivity index (χ2v) is 4.74. The fraction of sp³-hybridized carbons (Fsp3) is 0.231. The summed E-state index contributed by atoms with van der Waals surface area (Å²) in [5, 5.41) is 3.36. The molecule has 0 atom stereocenters. The molecule has 1 aromatic carbocycles. The number of rotatable bonds is 4. The van der Waals surface area contributed by atoms with Crippen LogP contribution in [0.1, 0.15) is 17.1 Å². The van der Waals surface area contributed by atoms with Crippen LogP contribution in [0.3, 0.4) is 0 Å². The summed E-state index contributed by atoms with van der Waals surface area (Å²) in [5.41, 5.74) is 2.29. The molecular formula is C13H14BrN3. The van der Waals surface area contributed by atoms with Crippen molar-refractivity contribution in [1.29, 1.82) is 0 Å². The second-order valence-electron chi connectivity index (χ2n) is 3.83. The van der Waals surface area contributed by atoms with Crippen molar-refractivity contribution < 1.29 is 0 Å². The van der Waals surface area contributed by atoms with Gasteiger partial charge in [-0.05, 0) is 30.7 Å². The lowest BCUT2D eigenvalue weighted by molar-refractivity contribution is 0.675. The molecule has 0 fully saturated rings. The molecule has 0 amide bonds. The topological polar surface area (TPSA) is 37.8 Å². The van der Waals surface area contributed by atoms with Crippen LogP contribution in [-0.2, 0) is 13.1 Å². The monoisotopic (exact) mass is 291 g/mol. The maximum absolute atomic E-state index is 4.34. The van der Waals surface area contributed by atoms with Crippen LogP contribution in [0.25, 0.3) is 0 Å². The molecule has 0 radical (unpaired) electrons. The molecule has 3 nitrogen and oxygen atoms in total. The zero-order valence-electron chi connectivity index (χ0n) is 9.65. The van der Waals surface area contributed by atoms with Crippen molar-refractivity contribution in [3.63, 3.8) is 0 Å². The van der Waals surface area contributed by atoms with Gasteiger partial charge in [-0.2, -0.15) is 0 Å². The molecule has 0 aliphatic carbocycles. The van der Waals surface area contributed by atoms with Gasteiger partial charge in [0.2, 0.25) is 0 Å². The van der Waals surface area contributed by atoms with Crippen LogP contribution in [-0.4, -0.2) is 9.97 Å². The minimum absolute atomic E-state index is 0.763. The number of aromatic nitrogens is 2. The van der Waals surface area contributed by atoms with E-state index in [0.717, 1.165) is 29.1 Å². The zero-order chi connectivity index (χ0) is 12.1. The van der Waals surface area contributed by atoms with Gasteiger partial charge in [0.05, 0.1) is 5.69 Å². The van der Waals surface area contributed by atoms with Crippen LogP contribution in [0, 0.1) is 6.92 Å². The van der Waals surface area contributed by atoms with Crippen LogP contribution in [0.15, 0.2) is 41.0 Å². The van der Waals surface area contributed by atoms with Gasteiger partial charge < -0.3 is 5.32 Å². The molecule has 1 heterocycles. The summed E-state index contributed by atoms with van der Waals surface area (Å²) in [6, 6.07) is 10.2. The first-order valence-corrected chi connectivity index (χ1v) is 6.27. The van der Waals surface area contributed by atoms with E-state index < -0.39 is 0 Å². The highest BCUT2D eigenvalue weighted by molar-refractivity contribution is 9.10. The highest BCUT2D eigenvalue weighted by Crippen LogP contribution is 2.10. The molecule has 2 rings (SSSR count). The summed E-state index contributed by atoms with van der Waals surface area (Å²) in [6.07, 6.45) is 1.79. The average Bonchev–Trinajstić information content (AvgIpc) is 2.32. The second kappa shape index (κ2) is 5.89. The minimum Gasteiger partial charge on any atom is -0.307 e. The third kappa shape index (κ3) is 3.91. The number of hydrogen-bond acceptors (Lipinski definition) is 3. The molecule has 0 aliphatic rings. The van der Waals surface area contributed by atoms with Crippen LogP contribution >= 0.6 is 15.9 Å². The van der Waals surface area contributed by atoms with Crippen molar-refractivity contribution in [1.82, 2.24) is 15.3 Å². The van der Waals surface area contributed by atoms with E-state index in [1.807, 2.05) is 25.1 Å². The van der Waals surface area contributed by atoms with Crippen molar-refractivity contribution in [3.05, 3.63) is 58.1 Å². The Bertz CT molecular complexity index is 482. The lowest BCUT2D eigenvalue weighted by Gasteiger charge is -2.05. The fourth-order valence-corrected chi connectivity index (χ4v) is 1.81. The van der Waals surface area contributed by atoms with Crippen LogP contribution in [0.2, 0.25) is 0 Å². The number of nitrogens with zero attached hydrogens (tertiary/aromatic N) is 2. The van der Waals surface area contributed by atoms with Gasteiger partial charge in [0, 0.05) is 23.8 Å². The Morgan fingerprint density at radius 2 is 1.88 bits per heavy atom. The van der Waals surface area contributed by atoms with Gasteiger partial charge >= 0.3 is 0 Å². The van der Waals surface area contributed by atoms with Gasteiger partial charge in [0.25, 0.3) is 0 Å². The number of halogens is 1. The predicted molar refractivity (Wildman–Crippen MR) is 71.5 cm³/mol. The summed E-state index contributed by atoms with van der Waals surface area (Å²) in [4.78, 5) is 8.41. The molecule has 88 valence electrons. The van der Waals surface area contributed by atoms with Crippen molar-refractivity contribution in [2.45, 2.75) is 20.0 Å². The predicted octanol–water partition coefficient (Wildman–Crippen LogP) is 2.84. The first-order chi connectivity index (χ1) is 8.24. The number of benzene rings is 1. The molecule has 0 saturated heterocycles. The van der Waals surface area contributed by atoms with E-state index in [4.69, 9.17) is 0 Å². The molecule has 2 aromatic rings. The summed E-state index contributed by atoms with van der Waals surface area (Å²) in [7, 11) is 0. The Hall–Kier alpha value is -1.26. The lowest BCUT2D eigenvalue weighted by atomic mass is 10.2. The van der Waals surface area contributed by atoms with Gasteiger partial charge in [-0.1, -0.05) is 28.1 Å². The molecule has 0 aliphatic heterocycles. The standard InChI is InChI=1S/C13H14BrN3/c1-10-16-7-6-13(17-10)9-15-8-11-2-4-12(14)5-3-11/h2-7,15H,8-9H2,1H3. The first-order valence-electron chi connectivity index (χ1n) is 5.48. The Labute approximate surface area is 109 Å². The minimum atomic E-state index is 0.763. The summed E-state index contributed by atoms with van der Waals surface area (Å²) >= 11 is 3.42. The largest absolute Gasteiger partial charge is 0.307 e.